The minimum absolute atomic E-state index is 0.0682. The van der Waals surface area contributed by atoms with Crippen molar-refractivity contribution in [1.82, 2.24) is 4.90 Å². The number of halogens is 7. The van der Waals surface area contributed by atoms with Crippen molar-refractivity contribution in [3.05, 3.63) is 71.0 Å². The van der Waals surface area contributed by atoms with Crippen molar-refractivity contribution in [3.8, 4) is 0 Å². The Bertz CT molecular complexity index is 991. The molecule has 2 N–H and O–H groups in total. The van der Waals surface area contributed by atoms with Gasteiger partial charge < -0.3 is 15.4 Å². The van der Waals surface area contributed by atoms with Gasteiger partial charge in [-0.3, -0.25) is 4.79 Å². The van der Waals surface area contributed by atoms with Crippen LogP contribution in [-0.2, 0) is 28.5 Å². The lowest BCUT2D eigenvalue weighted by Gasteiger charge is -2.38. The molecule has 2 aromatic carbocycles. The van der Waals surface area contributed by atoms with E-state index in [0.717, 1.165) is 0 Å². The molecule has 2 unspecified atom stereocenters. The number of rotatable bonds is 3. The van der Waals surface area contributed by atoms with E-state index in [9.17, 15) is 35.5 Å². The molecule has 0 spiro atoms. The molecule has 2 saturated heterocycles. The average molecular weight is 506 g/mol. The molecule has 3 atom stereocenters. The van der Waals surface area contributed by atoms with Crippen molar-refractivity contribution in [2.45, 2.75) is 62.8 Å². The molecule has 2 aliphatic heterocycles. The first-order chi connectivity index (χ1) is 16.2. The van der Waals surface area contributed by atoms with Crippen LogP contribution in [0.1, 0.15) is 42.9 Å². The summed E-state index contributed by atoms with van der Waals surface area (Å²) >= 11 is 0. The van der Waals surface area contributed by atoms with Gasteiger partial charge in [0.2, 0.25) is 5.91 Å². The molecule has 4 nitrogen and oxygen atoms in total. The molecule has 2 heterocycles. The van der Waals surface area contributed by atoms with Crippen molar-refractivity contribution in [2.24, 2.45) is 5.73 Å². The summed E-state index contributed by atoms with van der Waals surface area (Å²) in [6.07, 6.45) is -8.59. The van der Waals surface area contributed by atoms with Crippen molar-refractivity contribution in [1.29, 1.82) is 0 Å². The van der Waals surface area contributed by atoms with Crippen molar-refractivity contribution in [3.63, 3.8) is 0 Å². The third-order valence-corrected chi connectivity index (χ3v) is 5.99. The van der Waals surface area contributed by atoms with Crippen molar-refractivity contribution >= 4 is 5.91 Å². The molecule has 0 aromatic heterocycles. The van der Waals surface area contributed by atoms with Crippen LogP contribution in [0.3, 0.4) is 0 Å². The molecule has 0 bridgehead atoms. The van der Waals surface area contributed by atoms with E-state index < -0.39 is 41.7 Å². The number of fused-ring (bicyclic) bond motifs is 1. The van der Waals surface area contributed by atoms with Crippen LogP contribution >= 0.6 is 0 Å². The normalized spacial score (nSPS) is 24.6. The maximum Gasteiger partial charge on any atom is 0.416 e. The molecular weight excluding hydrogens is 481 g/mol. The van der Waals surface area contributed by atoms with Gasteiger partial charge in [0, 0.05) is 12.6 Å². The Morgan fingerprint density at radius 2 is 1.60 bits per heavy atom. The molecule has 0 aliphatic carbocycles. The Morgan fingerprint density at radius 1 is 1.03 bits per heavy atom. The minimum Gasteiger partial charge on any atom is -0.372 e. The predicted molar refractivity (Wildman–Crippen MR) is 113 cm³/mol. The van der Waals surface area contributed by atoms with Gasteiger partial charge in [-0.2, -0.15) is 26.3 Å². The number of piperidine rings is 1. The van der Waals surface area contributed by atoms with E-state index in [1.54, 1.807) is 30.0 Å². The molecular formula is C24H25F7N2O2. The smallest absolute Gasteiger partial charge is 0.372 e. The molecule has 0 saturated carbocycles. The monoisotopic (exact) mass is 506 g/mol. The number of ether oxygens (including phenoxy) is 1. The van der Waals surface area contributed by atoms with Crippen LogP contribution in [0.15, 0.2) is 48.5 Å². The fraction of sp³-hybridized carbons (Fsp3) is 0.458. The maximum atomic E-state index is 12.9. The number of amides is 1. The fourth-order valence-electron chi connectivity index (χ4n) is 4.15. The molecule has 11 heteroatoms. The van der Waals surface area contributed by atoms with Gasteiger partial charge in [-0.15, -0.1) is 0 Å². The Labute approximate surface area is 197 Å². The highest BCUT2D eigenvalue weighted by Gasteiger charge is 2.46. The number of nitrogens with zero attached hydrogens (tertiary/aromatic N) is 1. The van der Waals surface area contributed by atoms with Gasteiger partial charge in [0.25, 0.3) is 0 Å². The summed E-state index contributed by atoms with van der Waals surface area (Å²) in [7, 11) is 0. The Kier molecular flexibility index (Phi) is 7.80. The second-order valence-electron chi connectivity index (χ2n) is 8.95. The summed E-state index contributed by atoms with van der Waals surface area (Å²) in [4.78, 5) is 14.0. The van der Waals surface area contributed by atoms with Crippen LogP contribution in [0, 0.1) is 5.82 Å². The lowest BCUT2D eigenvalue weighted by atomic mass is 9.88. The number of hydrogen-bond acceptors (Lipinski definition) is 3. The molecule has 192 valence electrons. The Hall–Kier alpha value is -2.66. The van der Waals surface area contributed by atoms with Crippen molar-refractivity contribution < 1.29 is 40.3 Å². The van der Waals surface area contributed by atoms with Crippen LogP contribution < -0.4 is 5.73 Å². The summed E-state index contributed by atoms with van der Waals surface area (Å²) in [5.41, 5.74) is 2.02. The summed E-state index contributed by atoms with van der Waals surface area (Å²) in [5, 5.41) is 0. The van der Waals surface area contributed by atoms with E-state index in [0.29, 0.717) is 31.4 Å². The second-order valence-corrected chi connectivity index (χ2v) is 8.95. The van der Waals surface area contributed by atoms with Crippen LogP contribution in [0.2, 0.25) is 0 Å². The highest BCUT2D eigenvalue weighted by molar-refractivity contribution is 5.87. The highest BCUT2D eigenvalue weighted by atomic mass is 19.4. The van der Waals surface area contributed by atoms with Gasteiger partial charge in [0.15, 0.2) is 0 Å². The molecule has 35 heavy (non-hydrogen) atoms. The second kappa shape index (κ2) is 10.1. The lowest BCUT2D eigenvalue weighted by Crippen LogP contribution is -2.58. The molecule has 2 aliphatic rings. The first kappa shape index (κ1) is 26.9. The standard InChI is InChI=1S/C18H20F6N2O2.C6H5F/c1-16(25)3-2-13-7-14(8-26(13)15(16)27)28-9-10-4-11(17(19,20)21)6-12(5-10)18(22,23)24;7-6-4-2-1-3-5-6/h4-6,13-14H,2-3,7-9,25H2,1H3;1-5H/t13?,14?,16-;/m0./s1. The van der Waals surface area contributed by atoms with E-state index in [-0.39, 0.29) is 35.9 Å². The first-order valence-electron chi connectivity index (χ1n) is 10.9. The summed E-state index contributed by atoms with van der Waals surface area (Å²) < 4.78 is 95.0. The Morgan fingerprint density at radius 3 is 2.09 bits per heavy atom. The van der Waals surface area contributed by atoms with Crippen LogP contribution in [-0.4, -0.2) is 35.0 Å². The molecule has 0 radical (unpaired) electrons. The van der Waals surface area contributed by atoms with E-state index >= 15 is 0 Å². The number of carbonyl (C=O) groups is 1. The third-order valence-electron chi connectivity index (χ3n) is 5.99. The van der Waals surface area contributed by atoms with E-state index in [1.807, 2.05) is 0 Å². The maximum absolute atomic E-state index is 12.9. The first-order valence-corrected chi connectivity index (χ1v) is 10.9. The predicted octanol–water partition coefficient (Wildman–Crippen LogP) is 5.55. The van der Waals surface area contributed by atoms with Gasteiger partial charge in [-0.05, 0) is 62.1 Å². The van der Waals surface area contributed by atoms with E-state index in [4.69, 9.17) is 10.5 Å². The minimum atomic E-state index is -4.90. The zero-order valence-corrected chi connectivity index (χ0v) is 18.8. The molecule has 2 aromatic rings. The molecule has 4 rings (SSSR count). The zero-order valence-electron chi connectivity index (χ0n) is 18.8. The van der Waals surface area contributed by atoms with Crippen molar-refractivity contribution in [2.75, 3.05) is 6.54 Å². The van der Waals surface area contributed by atoms with Gasteiger partial charge in [0.1, 0.15) is 5.82 Å². The quantitative estimate of drug-likeness (QED) is 0.556. The number of nitrogens with two attached hydrogens (primary N) is 1. The van der Waals surface area contributed by atoms with Crippen LogP contribution in [0.5, 0.6) is 0 Å². The van der Waals surface area contributed by atoms with Gasteiger partial charge in [-0.1, -0.05) is 18.2 Å². The highest BCUT2D eigenvalue weighted by Crippen LogP contribution is 2.37. The number of alkyl halides is 6. The van der Waals surface area contributed by atoms with Crippen LogP contribution in [0.4, 0.5) is 30.7 Å². The van der Waals surface area contributed by atoms with Crippen LogP contribution in [0.25, 0.3) is 0 Å². The number of benzene rings is 2. The average Bonchev–Trinajstić information content (AvgIpc) is 3.18. The molecule has 2 fully saturated rings. The largest absolute Gasteiger partial charge is 0.416 e. The van der Waals surface area contributed by atoms with E-state index in [2.05, 4.69) is 0 Å². The van der Waals surface area contributed by atoms with E-state index in [1.165, 1.54) is 12.1 Å². The fourth-order valence-corrected chi connectivity index (χ4v) is 4.15. The number of carbonyl (C=O) groups excluding carboxylic acids is 1. The van der Waals surface area contributed by atoms with Gasteiger partial charge in [-0.25, -0.2) is 4.39 Å². The summed E-state index contributed by atoms with van der Waals surface area (Å²) in [6, 6.07) is 9.26. The lowest BCUT2D eigenvalue weighted by molar-refractivity contribution is -0.143. The van der Waals surface area contributed by atoms with Gasteiger partial charge >= 0.3 is 12.4 Å². The topological polar surface area (TPSA) is 55.6 Å². The zero-order chi connectivity index (χ0) is 26.0. The van der Waals surface area contributed by atoms with Gasteiger partial charge in [0.05, 0.1) is 29.4 Å². The summed E-state index contributed by atoms with van der Waals surface area (Å²) in [5.74, 6) is -0.393. The molecule has 1 amide bonds. The third kappa shape index (κ3) is 6.94. The SMILES string of the molecule is C[C@]1(N)CCC2CC(OCc3cc(C(F)(F)F)cc(C(F)(F)F)c3)CN2C1=O.Fc1ccccc1. The Balaban J connectivity index is 0.000000420. The summed E-state index contributed by atoms with van der Waals surface area (Å²) in [6.45, 7) is 1.45. The number of hydrogen-bond donors (Lipinski definition) is 1.